The molecule has 0 spiro atoms. The minimum absolute atomic E-state index is 0.0250. The highest BCUT2D eigenvalue weighted by Crippen LogP contribution is 2.20. The van der Waals surface area contributed by atoms with Gasteiger partial charge in [-0.1, -0.05) is 37.9 Å². The number of amides is 1. The summed E-state index contributed by atoms with van der Waals surface area (Å²) in [5, 5.41) is 14.1. The Labute approximate surface area is 136 Å². The van der Waals surface area contributed by atoms with E-state index in [9.17, 15) is 9.90 Å². The van der Waals surface area contributed by atoms with E-state index in [4.69, 9.17) is 11.6 Å². The maximum absolute atomic E-state index is 12.1. The molecule has 5 heteroatoms. The number of hydrogen-bond donors (Lipinski definition) is 2. The second-order valence-corrected chi connectivity index (χ2v) is 6.14. The Bertz CT molecular complexity index is 639. The van der Waals surface area contributed by atoms with Gasteiger partial charge in [-0.3, -0.25) is 4.79 Å². The summed E-state index contributed by atoms with van der Waals surface area (Å²) in [6, 6.07) is 7.58. The van der Waals surface area contributed by atoms with Crippen LogP contribution in [0.15, 0.2) is 30.5 Å². The van der Waals surface area contributed by atoms with Crippen molar-refractivity contribution in [2.45, 2.75) is 39.3 Å². The first-order valence-electron chi connectivity index (χ1n) is 7.69. The molecule has 2 aromatic rings. The van der Waals surface area contributed by atoms with Gasteiger partial charge in [0.15, 0.2) is 0 Å². The summed E-state index contributed by atoms with van der Waals surface area (Å²) < 4.78 is 2.03. The molecule has 0 aliphatic rings. The van der Waals surface area contributed by atoms with Crippen LogP contribution in [-0.4, -0.2) is 28.2 Å². The molecule has 0 fully saturated rings. The van der Waals surface area contributed by atoms with Gasteiger partial charge in [0, 0.05) is 29.7 Å². The molecular weight excluding hydrogens is 300 g/mol. The molecule has 1 aromatic carbocycles. The van der Waals surface area contributed by atoms with Crippen molar-refractivity contribution in [2.75, 3.05) is 6.61 Å². The van der Waals surface area contributed by atoms with E-state index in [0.29, 0.717) is 18.0 Å². The highest BCUT2D eigenvalue weighted by atomic mass is 35.5. The van der Waals surface area contributed by atoms with Crippen molar-refractivity contribution in [1.29, 1.82) is 0 Å². The van der Waals surface area contributed by atoms with E-state index in [1.165, 1.54) is 0 Å². The molecule has 0 saturated carbocycles. The van der Waals surface area contributed by atoms with Gasteiger partial charge in [-0.2, -0.15) is 0 Å². The van der Waals surface area contributed by atoms with Gasteiger partial charge in [0.1, 0.15) is 0 Å². The Morgan fingerprint density at radius 1 is 1.41 bits per heavy atom. The summed E-state index contributed by atoms with van der Waals surface area (Å²) in [7, 11) is 0. The van der Waals surface area contributed by atoms with Crippen molar-refractivity contribution in [1.82, 2.24) is 9.88 Å². The highest BCUT2D eigenvalue weighted by Gasteiger charge is 2.17. The molecule has 1 heterocycles. The van der Waals surface area contributed by atoms with Crippen molar-refractivity contribution in [3.63, 3.8) is 0 Å². The van der Waals surface area contributed by atoms with Crippen LogP contribution >= 0.6 is 11.6 Å². The van der Waals surface area contributed by atoms with Gasteiger partial charge in [0.25, 0.3) is 0 Å². The molecule has 120 valence electrons. The fourth-order valence-electron chi connectivity index (χ4n) is 2.51. The van der Waals surface area contributed by atoms with Crippen LogP contribution in [0.2, 0.25) is 5.02 Å². The number of nitrogens with zero attached hydrogens (tertiary/aromatic N) is 1. The van der Waals surface area contributed by atoms with E-state index >= 15 is 0 Å². The molecule has 0 radical (unpaired) electrons. The average Bonchev–Trinajstić information content (AvgIpc) is 2.92. The van der Waals surface area contributed by atoms with Crippen molar-refractivity contribution in [2.24, 2.45) is 5.92 Å². The molecule has 2 atom stereocenters. The first-order valence-corrected chi connectivity index (χ1v) is 8.07. The molecule has 1 amide bonds. The molecular formula is C17H23ClN2O2. The van der Waals surface area contributed by atoms with Crippen molar-refractivity contribution in [3.05, 3.63) is 35.5 Å². The van der Waals surface area contributed by atoms with Crippen LogP contribution in [0.1, 0.15) is 26.7 Å². The largest absolute Gasteiger partial charge is 0.394 e. The average molecular weight is 323 g/mol. The Hall–Kier alpha value is -1.52. The van der Waals surface area contributed by atoms with E-state index < -0.39 is 0 Å². The summed E-state index contributed by atoms with van der Waals surface area (Å²) >= 11 is 6.03. The maximum Gasteiger partial charge on any atom is 0.222 e. The monoisotopic (exact) mass is 322 g/mol. The molecule has 2 N–H and O–H groups in total. The number of aliphatic hydroxyl groups is 1. The summed E-state index contributed by atoms with van der Waals surface area (Å²) in [5.41, 5.74) is 1.03. The van der Waals surface area contributed by atoms with Crippen molar-refractivity contribution in [3.8, 4) is 0 Å². The smallest absolute Gasteiger partial charge is 0.222 e. The number of carbonyl (C=O) groups excluding carboxylic acids is 1. The second-order valence-electron chi connectivity index (χ2n) is 5.70. The maximum atomic E-state index is 12.1. The third-order valence-corrected chi connectivity index (χ3v) is 4.42. The lowest BCUT2D eigenvalue weighted by Gasteiger charge is -2.22. The van der Waals surface area contributed by atoms with Crippen LogP contribution in [-0.2, 0) is 11.3 Å². The van der Waals surface area contributed by atoms with Crippen LogP contribution in [0, 0.1) is 5.92 Å². The Balaban J connectivity index is 1.96. The highest BCUT2D eigenvalue weighted by molar-refractivity contribution is 6.31. The number of hydrogen-bond acceptors (Lipinski definition) is 2. The van der Waals surface area contributed by atoms with Gasteiger partial charge >= 0.3 is 0 Å². The molecule has 1 aromatic heterocycles. The SMILES string of the molecule is CC[C@H](C)[C@@H](CO)NC(=O)CCn1ccc2ccc(Cl)cc21. The first-order chi connectivity index (χ1) is 10.5. The van der Waals surface area contributed by atoms with Gasteiger partial charge in [0.05, 0.1) is 12.6 Å². The van der Waals surface area contributed by atoms with Crippen molar-refractivity contribution >= 4 is 28.4 Å². The van der Waals surface area contributed by atoms with Crippen LogP contribution in [0.5, 0.6) is 0 Å². The minimum atomic E-state index is -0.173. The summed E-state index contributed by atoms with van der Waals surface area (Å²) in [5.74, 6) is 0.225. The number of rotatable bonds is 7. The number of fused-ring (bicyclic) bond motifs is 1. The lowest BCUT2D eigenvalue weighted by atomic mass is 10.00. The Morgan fingerprint density at radius 3 is 2.86 bits per heavy atom. The van der Waals surface area contributed by atoms with Crippen LogP contribution in [0.25, 0.3) is 10.9 Å². The zero-order chi connectivity index (χ0) is 16.1. The molecule has 0 bridgehead atoms. The van der Waals surface area contributed by atoms with E-state index in [-0.39, 0.29) is 24.5 Å². The van der Waals surface area contributed by atoms with Crippen molar-refractivity contribution < 1.29 is 9.90 Å². The second kappa shape index (κ2) is 7.65. The van der Waals surface area contributed by atoms with Gasteiger partial charge < -0.3 is 15.0 Å². The number of aliphatic hydroxyl groups excluding tert-OH is 1. The summed E-state index contributed by atoms with van der Waals surface area (Å²) in [6.07, 6.45) is 3.27. The fourth-order valence-corrected chi connectivity index (χ4v) is 2.67. The molecule has 2 rings (SSSR count). The Kier molecular flexibility index (Phi) is 5.86. The summed E-state index contributed by atoms with van der Waals surface area (Å²) in [6.45, 7) is 4.65. The first kappa shape index (κ1) is 16.8. The number of nitrogens with one attached hydrogen (secondary N) is 1. The lowest BCUT2D eigenvalue weighted by Crippen LogP contribution is -2.42. The third kappa shape index (κ3) is 4.02. The quantitative estimate of drug-likeness (QED) is 0.822. The van der Waals surface area contributed by atoms with Crippen LogP contribution < -0.4 is 5.32 Å². The van der Waals surface area contributed by atoms with E-state index in [0.717, 1.165) is 17.3 Å². The standard InChI is InChI=1S/C17H23ClN2O2/c1-3-12(2)15(11-21)19-17(22)7-9-20-8-6-13-4-5-14(18)10-16(13)20/h4-6,8,10,12,15,21H,3,7,9,11H2,1-2H3,(H,19,22)/t12-,15+/m0/s1. The predicted octanol–water partition coefficient (Wildman–Crippen LogP) is 3.21. The number of aromatic nitrogens is 1. The van der Waals surface area contributed by atoms with Gasteiger partial charge in [-0.15, -0.1) is 0 Å². The molecule has 0 aliphatic carbocycles. The number of benzene rings is 1. The van der Waals surface area contributed by atoms with E-state index in [1.54, 1.807) is 0 Å². The van der Waals surface area contributed by atoms with E-state index in [2.05, 4.69) is 12.2 Å². The summed E-state index contributed by atoms with van der Waals surface area (Å²) in [4.78, 5) is 12.1. The third-order valence-electron chi connectivity index (χ3n) is 4.19. The van der Waals surface area contributed by atoms with Gasteiger partial charge in [-0.25, -0.2) is 0 Å². The van der Waals surface area contributed by atoms with Crippen LogP contribution in [0.4, 0.5) is 0 Å². The van der Waals surface area contributed by atoms with Gasteiger partial charge in [-0.05, 0) is 29.5 Å². The molecule has 22 heavy (non-hydrogen) atoms. The zero-order valence-electron chi connectivity index (χ0n) is 13.1. The lowest BCUT2D eigenvalue weighted by molar-refractivity contribution is -0.122. The molecule has 4 nitrogen and oxygen atoms in total. The normalized spacial score (nSPS) is 14.0. The van der Waals surface area contributed by atoms with Crippen LogP contribution in [0.3, 0.4) is 0 Å². The van der Waals surface area contributed by atoms with E-state index in [1.807, 2.05) is 42.0 Å². The molecule has 0 saturated heterocycles. The topological polar surface area (TPSA) is 54.3 Å². The fraction of sp³-hybridized carbons (Fsp3) is 0.471. The number of carbonyl (C=O) groups is 1. The zero-order valence-corrected chi connectivity index (χ0v) is 13.8. The molecule has 0 unspecified atom stereocenters. The number of aryl methyl sites for hydroxylation is 1. The van der Waals surface area contributed by atoms with Gasteiger partial charge in [0.2, 0.25) is 5.91 Å². The number of halogens is 1. The minimum Gasteiger partial charge on any atom is -0.394 e. The Morgan fingerprint density at radius 2 is 2.18 bits per heavy atom. The molecule has 0 aliphatic heterocycles. The predicted molar refractivity (Wildman–Crippen MR) is 90.0 cm³/mol.